The van der Waals surface area contributed by atoms with Crippen molar-refractivity contribution in [1.82, 2.24) is 4.98 Å². The number of carbonyl (C=O) groups is 1. The van der Waals surface area contributed by atoms with Gasteiger partial charge in [0.15, 0.2) is 17.6 Å². The van der Waals surface area contributed by atoms with Gasteiger partial charge >= 0.3 is 0 Å². The molecule has 150 valence electrons. The Morgan fingerprint density at radius 1 is 1.14 bits per heavy atom. The maximum absolute atomic E-state index is 13.4. The summed E-state index contributed by atoms with van der Waals surface area (Å²) in [6.07, 6.45) is 0.765. The molecule has 1 unspecified atom stereocenters. The smallest absolute Gasteiger partial charge is 0.269 e. The molecule has 0 radical (unpaired) electrons. The Bertz CT molecular complexity index is 985. The predicted octanol–water partition coefficient (Wildman–Crippen LogP) is 4.88. The summed E-state index contributed by atoms with van der Waals surface area (Å²) in [7, 11) is 1.53. The molecule has 0 saturated carbocycles. The predicted molar refractivity (Wildman–Crippen MR) is 110 cm³/mol. The molecule has 1 heterocycles. The van der Waals surface area contributed by atoms with Crippen LogP contribution in [-0.4, -0.2) is 24.1 Å². The highest BCUT2D eigenvalue weighted by molar-refractivity contribution is 6.31. The fraction of sp³-hybridized carbons (Fsp3) is 0.182. The highest BCUT2D eigenvalue weighted by Crippen LogP contribution is 2.28. The molecule has 7 heteroatoms. The van der Waals surface area contributed by atoms with Gasteiger partial charge in [-0.25, -0.2) is 9.37 Å². The standard InChI is InChI=1S/C22H20ClFN2O3/c1-15(29-20-8-4-3-7-19(20)28-2)22(27)26(21-9-5-6-12-25-21)14-16-10-11-17(24)13-18(16)23/h3-13,15H,14H2,1-2H3. The van der Waals surface area contributed by atoms with Crippen molar-refractivity contribution in [2.45, 2.75) is 19.6 Å². The third-order valence-electron chi connectivity index (χ3n) is 4.26. The third kappa shape index (κ3) is 5.03. The second-order valence-corrected chi connectivity index (χ2v) is 6.67. The molecule has 5 nitrogen and oxygen atoms in total. The molecule has 0 saturated heterocycles. The van der Waals surface area contributed by atoms with Gasteiger partial charge in [-0.1, -0.05) is 35.9 Å². The van der Waals surface area contributed by atoms with Crippen LogP contribution in [-0.2, 0) is 11.3 Å². The SMILES string of the molecule is COc1ccccc1OC(C)C(=O)N(Cc1ccc(F)cc1Cl)c1ccccn1. The summed E-state index contributed by atoms with van der Waals surface area (Å²) in [4.78, 5) is 19.0. The first-order chi connectivity index (χ1) is 14.0. The van der Waals surface area contributed by atoms with Crippen molar-refractivity contribution >= 4 is 23.3 Å². The number of amides is 1. The number of carbonyl (C=O) groups excluding carboxylic acids is 1. The van der Waals surface area contributed by atoms with Gasteiger partial charge in [-0.15, -0.1) is 0 Å². The lowest BCUT2D eigenvalue weighted by molar-refractivity contribution is -0.124. The van der Waals surface area contributed by atoms with Crippen LogP contribution in [0.2, 0.25) is 5.02 Å². The summed E-state index contributed by atoms with van der Waals surface area (Å²) >= 11 is 6.17. The largest absolute Gasteiger partial charge is 0.493 e. The Hall–Kier alpha value is -3.12. The van der Waals surface area contributed by atoms with Crippen molar-refractivity contribution in [2.24, 2.45) is 0 Å². The van der Waals surface area contributed by atoms with E-state index in [1.54, 1.807) is 55.6 Å². The average Bonchev–Trinajstić information content (AvgIpc) is 2.73. The van der Waals surface area contributed by atoms with E-state index >= 15 is 0 Å². The molecule has 1 atom stereocenters. The summed E-state index contributed by atoms with van der Waals surface area (Å²) < 4.78 is 24.5. The molecule has 0 spiro atoms. The highest BCUT2D eigenvalue weighted by atomic mass is 35.5. The number of hydrogen-bond donors (Lipinski definition) is 0. The van der Waals surface area contributed by atoms with Crippen molar-refractivity contribution < 1.29 is 18.7 Å². The Balaban J connectivity index is 1.88. The van der Waals surface area contributed by atoms with Gasteiger partial charge in [0.05, 0.1) is 13.7 Å². The molecular formula is C22H20ClFN2O3. The number of nitrogens with zero attached hydrogens (tertiary/aromatic N) is 2. The van der Waals surface area contributed by atoms with E-state index in [-0.39, 0.29) is 17.5 Å². The molecule has 0 aliphatic carbocycles. The lowest BCUT2D eigenvalue weighted by Crippen LogP contribution is -2.40. The van der Waals surface area contributed by atoms with Gasteiger partial charge in [0.1, 0.15) is 11.6 Å². The number of aromatic nitrogens is 1. The number of methoxy groups -OCH3 is 1. The molecule has 1 aromatic heterocycles. The number of pyridine rings is 1. The number of benzene rings is 2. The molecule has 3 rings (SSSR count). The van der Waals surface area contributed by atoms with Gasteiger partial charge in [-0.3, -0.25) is 9.69 Å². The molecule has 2 aromatic carbocycles. The summed E-state index contributed by atoms with van der Waals surface area (Å²) in [5.74, 6) is 0.653. The van der Waals surface area contributed by atoms with Crippen molar-refractivity contribution in [3.8, 4) is 11.5 Å². The Morgan fingerprint density at radius 3 is 2.52 bits per heavy atom. The molecule has 0 bridgehead atoms. The van der Waals surface area contributed by atoms with E-state index in [1.165, 1.54) is 24.1 Å². The van der Waals surface area contributed by atoms with Crippen molar-refractivity contribution in [1.29, 1.82) is 0 Å². The number of halogens is 2. The number of rotatable bonds is 7. The van der Waals surface area contributed by atoms with Crippen molar-refractivity contribution in [3.05, 3.63) is 83.3 Å². The summed E-state index contributed by atoms with van der Waals surface area (Å²) in [5.41, 5.74) is 0.594. The first-order valence-electron chi connectivity index (χ1n) is 8.95. The Kier molecular flexibility index (Phi) is 6.67. The maximum Gasteiger partial charge on any atom is 0.269 e. The molecule has 1 amide bonds. The van der Waals surface area contributed by atoms with Gasteiger partial charge < -0.3 is 9.47 Å². The Labute approximate surface area is 173 Å². The van der Waals surface area contributed by atoms with Crippen molar-refractivity contribution in [3.63, 3.8) is 0 Å². The topological polar surface area (TPSA) is 51.7 Å². The van der Waals surface area contributed by atoms with Crippen LogP contribution in [0.3, 0.4) is 0 Å². The van der Waals surface area contributed by atoms with Gasteiger partial charge in [0, 0.05) is 11.2 Å². The highest BCUT2D eigenvalue weighted by Gasteiger charge is 2.26. The third-order valence-corrected chi connectivity index (χ3v) is 4.61. The van der Waals surface area contributed by atoms with Crippen LogP contribution in [0.1, 0.15) is 12.5 Å². The fourth-order valence-electron chi connectivity index (χ4n) is 2.78. The van der Waals surface area contributed by atoms with Gasteiger partial charge in [-0.05, 0) is 48.9 Å². The second-order valence-electron chi connectivity index (χ2n) is 6.26. The second kappa shape index (κ2) is 9.39. The lowest BCUT2D eigenvalue weighted by atomic mass is 10.2. The number of ether oxygens (including phenoxy) is 2. The molecule has 0 aliphatic heterocycles. The van der Waals surface area contributed by atoms with Crippen LogP contribution in [0.25, 0.3) is 0 Å². The zero-order chi connectivity index (χ0) is 20.8. The molecule has 0 aliphatic rings. The first-order valence-corrected chi connectivity index (χ1v) is 9.33. The van der Waals surface area contributed by atoms with Crippen LogP contribution < -0.4 is 14.4 Å². The summed E-state index contributed by atoms with van der Waals surface area (Å²) in [6.45, 7) is 1.77. The number of hydrogen-bond acceptors (Lipinski definition) is 4. The van der Waals surface area contributed by atoms with Gasteiger partial charge in [0.25, 0.3) is 5.91 Å². The maximum atomic E-state index is 13.4. The fourth-order valence-corrected chi connectivity index (χ4v) is 3.01. The monoisotopic (exact) mass is 414 g/mol. The quantitative estimate of drug-likeness (QED) is 0.552. The Morgan fingerprint density at radius 2 is 1.86 bits per heavy atom. The minimum Gasteiger partial charge on any atom is -0.493 e. The molecule has 29 heavy (non-hydrogen) atoms. The molecule has 0 fully saturated rings. The summed E-state index contributed by atoms with van der Waals surface area (Å²) in [5, 5.41) is 0.233. The molecule has 3 aromatic rings. The van der Waals surface area contributed by atoms with Crippen molar-refractivity contribution in [2.75, 3.05) is 12.0 Å². The van der Waals surface area contributed by atoms with E-state index < -0.39 is 11.9 Å². The normalized spacial score (nSPS) is 11.6. The van der Waals surface area contributed by atoms with Crippen LogP contribution in [0.4, 0.5) is 10.2 Å². The number of anilines is 1. The zero-order valence-corrected chi connectivity index (χ0v) is 16.8. The van der Waals surface area contributed by atoms with E-state index in [1.807, 2.05) is 6.07 Å². The lowest BCUT2D eigenvalue weighted by Gasteiger charge is -2.26. The zero-order valence-electron chi connectivity index (χ0n) is 16.0. The summed E-state index contributed by atoms with van der Waals surface area (Å²) in [6, 6.07) is 16.4. The van der Waals surface area contributed by atoms with Gasteiger partial charge in [-0.2, -0.15) is 0 Å². The van der Waals surface area contributed by atoms with E-state index in [9.17, 15) is 9.18 Å². The average molecular weight is 415 g/mol. The van der Waals surface area contributed by atoms with Crippen LogP contribution in [0.15, 0.2) is 66.9 Å². The van der Waals surface area contributed by atoms with Crippen LogP contribution >= 0.6 is 11.6 Å². The van der Waals surface area contributed by atoms with E-state index in [2.05, 4.69) is 4.98 Å². The molecule has 0 N–H and O–H groups in total. The molecular weight excluding hydrogens is 395 g/mol. The van der Waals surface area contributed by atoms with Crippen LogP contribution in [0, 0.1) is 5.82 Å². The van der Waals surface area contributed by atoms with E-state index in [0.717, 1.165) is 0 Å². The first kappa shape index (κ1) is 20.6. The minimum absolute atomic E-state index is 0.120. The van der Waals surface area contributed by atoms with Crippen LogP contribution in [0.5, 0.6) is 11.5 Å². The number of para-hydroxylation sites is 2. The van der Waals surface area contributed by atoms with E-state index in [0.29, 0.717) is 22.9 Å². The van der Waals surface area contributed by atoms with E-state index in [4.69, 9.17) is 21.1 Å². The minimum atomic E-state index is -0.826. The van der Waals surface area contributed by atoms with Gasteiger partial charge in [0.2, 0.25) is 0 Å².